The molecule has 2 aliphatic rings. The number of esters is 1. The number of rotatable bonds is 3. The molecule has 0 aromatic carbocycles. The monoisotopic (exact) mass is 234 g/mol. The number of hydrogen-bond acceptors (Lipinski definition) is 6. The summed E-state index contributed by atoms with van der Waals surface area (Å²) in [5.74, 6) is -0.868. The fraction of sp³-hybridized carbons (Fsp3) is 0.667. The van der Waals surface area contributed by atoms with Crippen LogP contribution in [0.4, 0.5) is 4.39 Å². The van der Waals surface area contributed by atoms with Crippen molar-refractivity contribution >= 4 is 5.97 Å². The summed E-state index contributed by atoms with van der Waals surface area (Å²) in [6, 6.07) is 0. The van der Waals surface area contributed by atoms with Gasteiger partial charge in [-0.1, -0.05) is 6.58 Å². The van der Waals surface area contributed by atoms with E-state index in [9.17, 15) is 19.4 Å². The van der Waals surface area contributed by atoms with Crippen molar-refractivity contribution < 1.29 is 33.6 Å². The SMILES string of the molecule is C=CC(F)OC1O[C@H]2[C@H](OC(=O)[C@H]2O)[C@H]1O. The Balaban J connectivity index is 2.02. The van der Waals surface area contributed by atoms with E-state index in [0.717, 1.165) is 6.08 Å². The number of carbonyl (C=O) groups excluding carboxylic acids is 1. The second-order valence-corrected chi connectivity index (χ2v) is 3.53. The van der Waals surface area contributed by atoms with Gasteiger partial charge in [0.25, 0.3) is 0 Å². The van der Waals surface area contributed by atoms with Crippen LogP contribution in [0.25, 0.3) is 0 Å². The van der Waals surface area contributed by atoms with Crippen molar-refractivity contribution in [2.45, 2.75) is 37.1 Å². The third kappa shape index (κ3) is 1.71. The number of fused-ring (bicyclic) bond motifs is 1. The molecule has 0 amide bonds. The van der Waals surface area contributed by atoms with Gasteiger partial charge in [0.15, 0.2) is 18.5 Å². The summed E-state index contributed by atoms with van der Waals surface area (Å²) in [6.07, 6.45) is -7.06. The lowest BCUT2D eigenvalue weighted by Gasteiger charge is -2.18. The topological polar surface area (TPSA) is 85.2 Å². The first-order valence-corrected chi connectivity index (χ1v) is 4.68. The molecule has 0 aromatic rings. The van der Waals surface area contributed by atoms with Crippen LogP contribution in [0, 0.1) is 0 Å². The Morgan fingerprint density at radius 3 is 2.75 bits per heavy atom. The molecule has 2 unspecified atom stereocenters. The molecule has 0 saturated carbocycles. The van der Waals surface area contributed by atoms with Crippen LogP contribution in [0.2, 0.25) is 0 Å². The Morgan fingerprint density at radius 1 is 1.50 bits per heavy atom. The van der Waals surface area contributed by atoms with Crippen molar-refractivity contribution in [2.24, 2.45) is 0 Å². The summed E-state index contributed by atoms with van der Waals surface area (Å²) >= 11 is 0. The van der Waals surface area contributed by atoms with E-state index in [0.29, 0.717) is 0 Å². The molecule has 7 heteroatoms. The molecule has 2 aliphatic heterocycles. The van der Waals surface area contributed by atoms with Crippen molar-refractivity contribution in [3.63, 3.8) is 0 Å². The fourth-order valence-electron chi connectivity index (χ4n) is 1.69. The molecule has 0 aliphatic carbocycles. The fourth-order valence-corrected chi connectivity index (χ4v) is 1.69. The number of ether oxygens (including phenoxy) is 3. The van der Waals surface area contributed by atoms with Gasteiger partial charge in [-0.25, -0.2) is 9.18 Å². The zero-order valence-corrected chi connectivity index (χ0v) is 8.15. The summed E-state index contributed by atoms with van der Waals surface area (Å²) in [6.45, 7) is 3.15. The van der Waals surface area contributed by atoms with Crippen LogP contribution >= 0.6 is 0 Å². The van der Waals surface area contributed by atoms with Crippen LogP contribution in [0.15, 0.2) is 12.7 Å². The third-order valence-electron chi connectivity index (χ3n) is 2.48. The maximum absolute atomic E-state index is 12.8. The Morgan fingerprint density at radius 2 is 2.19 bits per heavy atom. The molecule has 90 valence electrons. The molecular formula is C9H11FO6. The van der Waals surface area contributed by atoms with Gasteiger partial charge in [0.1, 0.15) is 12.2 Å². The van der Waals surface area contributed by atoms with E-state index in [1.807, 2.05) is 0 Å². The molecular weight excluding hydrogens is 223 g/mol. The van der Waals surface area contributed by atoms with E-state index in [4.69, 9.17) is 4.74 Å². The molecule has 2 rings (SSSR count). The van der Waals surface area contributed by atoms with Crippen LogP contribution in [0.1, 0.15) is 0 Å². The summed E-state index contributed by atoms with van der Waals surface area (Å²) in [7, 11) is 0. The van der Waals surface area contributed by atoms with Crippen molar-refractivity contribution in [1.29, 1.82) is 0 Å². The van der Waals surface area contributed by atoms with E-state index < -0.39 is 43.0 Å². The van der Waals surface area contributed by atoms with E-state index in [2.05, 4.69) is 16.1 Å². The van der Waals surface area contributed by atoms with Crippen molar-refractivity contribution in [1.82, 2.24) is 0 Å². The van der Waals surface area contributed by atoms with Gasteiger partial charge in [-0.15, -0.1) is 0 Å². The van der Waals surface area contributed by atoms with E-state index in [-0.39, 0.29) is 0 Å². The largest absolute Gasteiger partial charge is 0.454 e. The van der Waals surface area contributed by atoms with Crippen molar-refractivity contribution in [3.8, 4) is 0 Å². The van der Waals surface area contributed by atoms with Gasteiger partial charge in [-0.2, -0.15) is 0 Å². The molecule has 0 bridgehead atoms. The van der Waals surface area contributed by atoms with E-state index in [1.54, 1.807) is 0 Å². The van der Waals surface area contributed by atoms with Crippen LogP contribution in [-0.2, 0) is 19.0 Å². The standard InChI is InChI=1S/C9H11FO6/c1-2-3(10)14-9-5(12)7-6(16-9)4(11)8(13)15-7/h2-7,9,11-12H,1H2/t3?,4-,5+,6+,7+,9?/m0/s1. The normalized spacial score (nSPS) is 43.9. The van der Waals surface area contributed by atoms with E-state index >= 15 is 0 Å². The molecule has 6 atom stereocenters. The zero-order valence-electron chi connectivity index (χ0n) is 8.15. The first kappa shape index (κ1) is 11.5. The lowest BCUT2D eigenvalue weighted by atomic mass is 10.1. The molecule has 0 spiro atoms. The lowest BCUT2D eigenvalue weighted by Crippen LogP contribution is -2.34. The highest BCUT2D eigenvalue weighted by Crippen LogP contribution is 2.33. The Hall–Kier alpha value is -1.02. The Kier molecular flexibility index (Phi) is 2.94. The van der Waals surface area contributed by atoms with Gasteiger partial charge in [-0.3, -0.25) is 0 Å². The number of hydrogen-bond donors (Lipinski definition) is 2. The average molecular weight is 234 g/mol. The Labute approximate surface area is 90.2 Å². The number of alkyl halides is 1. The van der Waals surface area contributed by atoms with Gasteiger partial charge in [-0.05, 0) is 6.08 Å². The highest BCUT2D eigenvalue weighted by Gasteiger charge is 2.57. The summed E-state index contributed by atoms with van der Waals surface area (Å²) in [5.41, 5.74) is 0. The van der Waals surface area contributed by atoms with Gasteiger partial charge in [0.05, 0.1) is 0 Å². The van der Waals surface area contributed by atoms with Gasteiger partial charge in [0.2, 0.25) is 6.36 Å². The van der Waals surface area contributed by atoms with Crippen LogP contribution in [0.5, 0.6) is 0 Å². The number of aliphatic hydroxyl groups is 2. The lowest BCUT2D eigenvalue weighted by molar-refractivity contribution is -0.217. The maximum Gasteiger partial charge on any atom is 0.338 e. The number of carbonyl (C=O) groups is 1. The quantitative estimate of drug-likeness (QED) is 0.474. The van der Waals surface area contributed by atoms with Crippen LogP contribution in [-0.4, -0.2) is 53.2 Å². The maximum atomic E-state index is 12.8. The molecule has 2 N–H and O–H groups in total. The molecule has 2 saturated heterocycles. The van der Waals surface area contributed by atoms with Gasteiger partial charge in [0, 0.05) is 0 Å². The molecule has 2 heterocycles. The minimum atomic E-state index is -1.80. The summed E-state index contributed by atoms with van der Waals surface area (Å²) in [5, 5.41) is 18.9. The average Bonchev–Trinajstić information content (AvgIpc) is 2.70. The third-order valence-corrected chi connectivity index (χ3v) is 2.48. The minimum absolute atomic E-state index is 0.868. The summed E-state index contributed by atoms with van der Waals surface area (Å²) in [4.78, 5) is 10.9. The molecule has 6 nitrogen and oxygen atoms in total. The molecule has 2 fully saturated rings. The van der Waals surface area contributed by atoms with Gasteiger partial charge < -0.3 is 24.4 Å². The van der Waals surface area contributed by atoms with Crippen molar-refractivity contribution in [3.05, 3.63) is 12.7 Å². The van der Waals surface area contributed by atoms with Crippen molar-refractivity contribution in [2.75, 3.05) is 0 Å². The van der Waals surface area contributed by atoms with E-state index in [1.165, 1.54) is 0 Å². The predicted molar refractivity (Wildman–Crippen MR) is 46.7 cm³/mol. The number of halogens is 1. The minimum Gasteiger partial charge on any atom is -0.454 e. The second-order valence-electron chi connectivity index (χ2n) is 3.53. The van der Waals surface area contributed by atoms with Crippen LogP contribution < -0.4 is 0 Å². The predicted octanol–water partition coefficient (Wildman–Crippen LogP) is -1.14. The first-order valence-electron chi connectivity index (χ1n) is 4.68. The van der Waals surface area contributed by atoms with Gasteiger partial charge >= 0.3 is 5.97 Å². The molecule has 0 aromatic heterocycles. The van der Waals surface area contributed by atoms with Crippen LogP contribution in [0.3, 0.4) is 0 Å². The molecule has 0 radical (unpaired) electrons. The zero-order chi connectivity index (χ0) is 11.9. The highest BCUT2D eigenvalue weighted by molar-refractivity contribution is 5.78. The second kappa shape index (κ2) is 4.10. The highest BCUT2D eigenvalue weighted by atomic mass is 19.1. The summed E-state index contributed by atoms with van der Waals surface area (Å²) < 4.78 is 27.1. The first-order chi connectivity index (χ1) is 7.54. The molecule has 16 heavy (non-hydrogen) atoms. The Bertz CT molecular complexity index is 308. The smallest absolute Gasteiger partial charge is 0.338 e. The number of aliphatic hydroxyl groups excluding tert-OH is 2.